The maximum atomic E-state index is 12.1. The summed E-state index contributed by atoms with van der Waals surface area (Å²) in [5.41, 5.74) is 0.0438. The van der Waals surface area contributed by atoms with Gasteiger partial charge in [-0.15, -0.1) is 0 Å². The highest BCUT2D eigenvalue weighted by molar-refractivity contribution is 5.71. The number of hydrogen-bond donors (Lipinski definition) is 1. The van der Waals surface area contributed by atoms with Crippen molar-refractivity contribution < 1.29 is 14.6 Å². The van der Waals surface area contributed by atoms with Crippen LogP contribution < -0.4 is 0 Å². The zero-order chi connectivity index (χ0) is 16.1. The quantitative estimate of drug-likeness (QED) is 0.863. The van der Waals surface area contributed by atoms with Gasteiger partial charge in [-0.25, -0.2) is 0 Å². The number of aromatic nitrogens is 1. The molecule has 1 aliphatic carbocycles. The molecule has 0 bridgehead atoms. The maximum Gasteiger partial charge on any atom is 0.320 e. The predicted octanol–water partition coefficient (Wildman–Crippen LogP) is 2.24. The van der Waals surface area contributed by atoms with Gasteiger partial charge in [0.05, 0.1) is 12.1 Å². The first-order valence-corrected chi connectivity index (χ1v) is 8.70. The van der Waals surface area contributed by atoms with E-state index in [4.69, 9.17) is 4.74 Å². The molecule has 0 spiro atoms. The summed E-state index contributed by atoms with van der Waals surface area (Å²) >= 11 is 0. The summed E-state index contributed by atoms with van der Waals surface area (Å²) < 4.78 is 5.58. The summed E-state index contributed by atoms with van der Waals surface area (Å²) in [7, 11) is 0. The van der Waals surface area contributed by atoms with Gasteiger partial charge in [-0.3, -0.25) is 14.7 Å². The Morgan fingerprint density at radius 1 is 1.30 bits per heavy atom. The lowest BCUT2D eigenvalue weighted by Crippen LogP contribution is -2.45. The van der Waals surface area contributed by atoms with Crippen LogP contribution in [-0.2, 0) is 15.1 Å². The minimum absolute atomic E-state index is 0.119. The summed E-state index contributed by atoms with van der Waals surface area (Å²) in [5.74, 6) is -0.122. The highest BCUT2D eigenvalue weighted by atomic mass is 16.5. The minimum atomic E-state index is -0.821. The van der Waals surface area contributed by atoms with Gasteiger partial charge in [0.1, 0.15) is 6.10 Å². The molecule has 5 nitrogen and oxygen atoms in total. The SMILES string of the molecule is O=C(CN1CCC(O)(c2cccnc2)CC1)OC1CCCCC1. The van der Waals surface area contributed by atoms with Crippen LogP contribution in [0, 0.1) is 0 Å². The van der Waals surface area contributed by atoms with Crippen LogP contribution in [0.5, 0.6) is 0 Å². The zero-order valence-electron chi connectivity index (χ0n) is 13.6. The van der Waals surface area contributed by atoms with Gasteiger partial charge in [0.15, 0.2) is 0 Å². The molecule has 126 valence electrons. The van der Waals surface area contributed by atoms with Crippen molar-refractivity contribution in [3.63, 3.8) is 0 Å². The Balaban J connectivity index is 1.46. The van der Waals surface area contributed by atoms with Gasteiger partial charge in [0.25, 0.3) is 0 Å². The zero-order valence-corrected chi connectivity index (χ0v) is 13.6. The fourth-order valence-electron chi connectivity index (χ4n) is 3.60. The Hall–Kier alpha value is -1.46. The predicted molar refractivity (Wildman–Crippen MR) is 86.8 cm³/mol. The highest BCUT2D eigenvalue weighted by Gasteiger charge is 2.34. The number of likely N-dealkylation sites (tertiary alicyclic amines) is 1. The summed E-state index contributed by atoms with van der Waals surface area (Å²) in [6.07, 6.45) is 10.4. The van der Waals surface area contributed by atoms with Crippen molar-refractivity contribution in [2.75, 3.05) is 19.6 Å². The number of ether oxygens (including phenoxy) is 1. The Morgan fingerprint density at radius 2 is 2.04 bits per heavy atom. The van der Waals surface area contributed by atoms with E-state index < -0.39 is 5.60 Å². The lowest BCUT2D eigenvalue weighted by molar-refractivity contribution is -0.153. The van der Waals surface area contributed by atoms with Crippen LogP contribution in [0.2, 0.25) is 0 Å². The van der Waals surface area contributed by atoms with Gasteiger partial charge in [-0.1, -0.05) is 12.5 Å². The van der Waals surface area contributed by atoms with Crippen molar-refractivity contribution in [2.24, 2.45) is 0 Å². The first-order valence-electron chi connectivity index (χ1n) is 8.70. The number of pyridine rings is 1. The molecular weight excluding hydrogens is 292 g/mol. The van der Waals surface area contributed by atoms with Crippen LogP contribution in [0.4, 0.5) is 0 Å². The van der Waals surface area contributed by atoms with Gasteiger partial charge in [0.2, 0.25) is 0 Å². The number of carbonyl (C=O) groups excluding carboxylic acids is 1. The molecule has 1 saturated carbocycles. The topological polar surface area (TPSA) is 62.7 Å². The number of rotatable bonds is 4. The molecule has 0 unspecified atom stereocenters. The first-order chi connectivity index (χ1) is 11.2. The standard InChI is InChI=1S/C18H26N2O3/c21-17(23-16-6-2-1-3-7-16)14-20-11-8-18(22,9-12-20)15-5-4-10-19-13-15/h4-5,10,13,16,22H,1-3,6-9,11-12,14H2. The van der Waals surface area contributed by atoms with Crippen molar-refractivity contribution in [2.45, 2.75) is 56.7 Å². The number of nitrogens with zero attached hydrogens (tertiary/aromatic N) is 2. The number of hydrogen-bond acceptors (Lipinski definition) is 5. The molecule has 3 rings (SSSR count). The van der Waals surface area contributed by atoms with Crippen LogP contribution in [0.25, 0.3) is 0 Å². The van der Waals surface area contributed by atoms with Crippen LogP contribution in [-0.4, -0.2) is 46.7 Å². The second-order valence-electron chi connectivity index (χ2n) is 6.80. The normalized spacial score (nSPS) is 22.7. The lowest BCUT2D eigenvalue weighted by Gasteiger charge is -2.38. The minimum Gasteiger partial charge on any atom is -0.461 e. The number of piperidine rings is 1. The Labute approximate surface area is 137 Å². The molecule has 2 heterocycles. The van der Waals surface area contributed by atoms with E-state index >= 15 is 0 Å². The van der Waals surface area contributed by atoms with Gasteiger partial charge < -0.3 is 9.84 Å². The molecule has 0 aromatic carbocycles. The fourth-order valence-corrected chi connectivity index (χ4v) is 3.60. The summed E-state index contributed by atoms with van der Waals surface area (Å²) in [4.78, 5) is 18.2. The Bertz CT molecular complexity index is 506. The monoisotopic (exact) mass is 318 g/mol. The molecule has 2 fully saturated rings. The van der Waals surface area contributed by atoms with E-state index in [1.165, 1.54) is 19.3 Å². The van der Waals surface area contributed by atoms with E-state index in [-0.39, 0.29) is 12.1 Å². The van der Waals surface area contributed by atoms with E-state index in [0.717, 1.165) is 18.4 Å². The van der Waals surface area contributed by atoms with E-state index in [2.05, 4.69) is 9.88 Å². The average Bonchev–Trinajstić information content (AvgIpc) is 2.59. The molecule has 0 amide bonds. The molecule has 1 aromatic heterocycles. The van der Waals surface area contributed by atoms with E-state index in [1.807, 2.05) is 12.1 Å². The summed E-state index contributed by atoms with van der Waals surface area (Å²) in [5, 5.41) is 10.8. The first kappa shape index (κ1) is 16.4. The molecule has 2 aliphatic rings. The van der Waals surface area contributed by atoms with E-state index in [1.54, 1.807) is 12.4 Å². The Morgan fingerprint density at radius 3 is 2.70 bits per heavy atom. The second-order valence-corrected chi connectivity index (χ2v) is 6.80. The number of esters is 1. The van der Waals surface area contributed by atoms with Crippen LogP contribution >= 0.6 is 0 Å². The lowest BCUT2D eigenvalue weighted by atomic mass is 9.85. The molecule has 1 N–H and O–H groups in total. The van der Waals surface area contributed by atoms with Crippen molar-refractivity contribution in [1.82, 2.24) is 9.88 Å². The molecule has 1 aliphatic heterocycles. The fraction of sp³-hybridized carbons (Fsp3) is 0.667. The van der Waals surface area contributed by atoms with E-state index in [0.29, 0.717) is 32.5 Å². The van der Waals surface area contributed by atoms with Gasteiger partial charge in [0, 0.05) is 31.0 Å². The molecular formula is C18H26N2O3. The van der Waals surface area contributed by atoms with Crippen LogP contribution in [0.1, 0.15) is 50.5 Å². The van der Waals surface area contributed by atoms with E-state index in [9.17, 15) is 9.90 Å². The molecule has 0 atom stereocenters. The third kappa shape index (κ3) is 4.30. The Kier molecular flexibility index (Phi) is 5.28. The number of carbonyl (C=O) groups is 1. The van der Waals surface area contributed by atoms with Crippen molar-refractivity contribution in [3.05, 3.63) is 30.1 Å². The number of aliphatic hydroxyl groups is 1. The molecule has 1 aromatic rings. The summed E-state index contributed by atoms with van der Waals surface area (Å²) in [6.45, 7) is 1.73. The molecule has 5 heteroatoms. The maximum absolute atomic E-state index is 12.1. The van der Waals surface area contributed by atoms with Crippen LogP contribution in [0.15, 0.2) is 24.5 Å². The highest BCUT2D eigenvalue weighted by Crippen LogP contribution is 2.32. The smallest absolute Gasteiger partial charge is 0.320 e. The van der Waals surface area contributed by atoms with Crippen molar-refractivity contribution >= 4 is 5.97 Å². The summed E-state index contributed by atoms with van der Waals surface area (Å²) in [6, 6.07) is 3.77. The van der Waals surface area contributed by atoms with Crippen molar-refractivity contribution in [3.8, 4) is 0 Å². The van der Waals surface area contributed by atoms with Gasteiger partial charge in [-0.05, 0) is 44.6 Å². The molecule has 0 radical (unpaired) electrons. The average molecular weight is 318 g/mol. The largest absolute Gasteiger partial charge is 0.461 e. The second kappa shape index (κ2) is 7.41. The van der Waals surface area contributed by atoms with Gasteiger partial charge >= 0.3 is 5.97 Å². The molecule has 1 saturated heterocycles. The molecule has 23 heavy (non-hydrogen) atoms. The van der Waals surface area contributed by atoms with Crippen LogP contribution in [0.3, 0.4) is 0 Å². The van der Waals surface area contributed by atoms with Crippen molar-refractivity contribution in [1.29, 1.82) is 0 Å². The third-order valence-corrected chi connectivity index (χ3v) is 5.09. The van der Waals surface area contributed by atoms with Gasteiger partial charge in [-0.2, -0.15) is 0 Å². The third-order valence-electron chi connectivity index (χ3n) is 5.09.